The summed E-state index contributed by atoms with van der Waals surface area (Å²) < 4.78 is 23.4. The molecule has 5 heterocycles. The van der Waals surface area contributed by atoms with Gasteiger partial charge in [-0.25, -0.2) is 19.0 Å². The van der Waals surface area contributed by atoms with Crippen molar-refractivity contribution in [2.24, 2.45) is 0 Å². The van der Waals surface area contributed by atoms with E-state index in [0.29, 0.717) is 66.4 Å². The van der Waals surface area contributed by atoms with Crippen LogP contribution in [0.25, 0.3) is 22.3 Å². The summed E-state index contributed by atoms with van der Waals surface area (Å²) in [5, 5.41) is 7.77. The molecule has 56 heavy (non-hydrogen) atoms. The second kappa shape index (κ2) is 15.5. The molecule has 2 saturated heterocycles. The maximum absolute atomic E-state index is 15.6. The summed E-state index contributed by atoms with van der Waals surface area (Å²) in [6, 6.07) is 18.7. The van der Waals surface area contributed by atoms with Crippen LogP contribution >= 0.6 is 11.8 Å². The molecule has 3 aromatic carbocycles. The van der Waals surface area contributed by atoms with Crippen LogP contribution in [0.5, 0.6) is 11.5 Å². The highest BCUT2D eigenvalue weighted by Gasteiger charge is 2.46. The number of carbonyl (C=O) groups is 5. The Balaban J connectivity index is 0.874. The van der Waals surface area contributed by atoms with Crippen molar-refractivity contribution in [2.75, 3.05) is 24.6 Å². The van der Waals surface area contributed by atoms with Gasteiger partial charge in [0.15, 0.2) is 5.65 Å². The van der Waals surface area contributed by atoms with Gasteiger partial charge in [-0.05, 0) is 86.4 Å². The molecule has 0 radical (unpaired) electrons. The number of hydrogen-bond donors (Lipinski definition) is 2. The van der Waals surface area contributed by atoms with Gasteiger partial charge in [0.1, 0.15) is 41.2 Å². The Morgan fingerprint density at radius 1 is 0.946 bits per heavy atom. The van der Waals surface area contributed by atoms with E-state index in [-0.39, 0.29) is 40.8 Å². The number of piperidine rings is 2. The number of para-hydroxylation sites is 1. The Morgan fingerprint density at radius 2 is 1.73 bits per heavy atom. The molecule has 286 valence electrons. The zero-order valence-corrected chi connectivity index (χ0v) is 31.0. The maximum Gasteiger partial charge on any atom is 0.265 e. The number of hydrogen-bond acceptors (Lipinski definition) is 11. The van der Waals surface area contributed by atoms with Crippen molar-refractivity contribution in [3.8, 4) is 22.8 Å². The number of nitrogens with two attached hydrogens (primary N) is 1. The molecule has 14 nitrogen and oxygen atoms in total. The summed E-state index contributed by atoms with van der Waals surface area (Å²) in [5.41, 5.74) is 7.98. The third-order valence-corrected chi connectivity index (χ3v) is 11.4. The second-order valence-corrected chi connectivity index (χ2v) is 15.0. The number of nitrogens with zero attached hydrogens (tertiary/aromatic N) is 6. The van der Waals surface area contributed by atoms with Gasteiger partial charge in [-0.15, -0.1) is 11.8 Å². The lowest BCUT2D eigenvalue weighted by Crippen LogP contribution is -2.54. The first kappa shape index (κ1) is 36.8. The molecule has 0 aliphatic carbocycles. The summed E-state index contributed by atoms with van der Waals surface area (Å²) in [6.45, 7) is 1.08. The van der Waals surface area contributed by atoms with E-state index >= 15 is 4.39 Å². The molecule has 5 amide bonds. The van der Waals surface area contributed by atoms with Crippen LogP contribution in [0.3, 0.4) is 0 Å². The van der Waals surface area contributed by atoms with E-state index in [2.05, 4.69) is 15.3 Å². The summed E-state index contributed by atoms with van der Waals surface area (Å²) in [5.74, 6) is -1.47. The molecule has 0 bridgehead atoms. The molecule has 16 heteroatoms. The average Bonchev–Trinajstić information content (AvgIpc) is 3.72. The van der Waals surface area contributed by atoms with E-state index in [4.69, 9.17) is 15.6 Å². The Morgan fingerprint density at radius 3 is 2.52 bits per heavy atom. The van der Waals surface area contributed by atoms with Gasteiger partial charge < -0.3 is 15.4 Å². The van der Waals surface area contributed by atoms with Gasteiger partial charge in [0.05, 0.1) is 22.6 Å². The lowest BCUT2D eigenvalue weighted by atomic mass is 10.0. The molecule has 0 saturated carbocycles. The zero-order valence-electron chi connectivity index (χ0n) is 30.2. The summed E-state index contributed by atoms with van der Waals surface area (Å²) in [6.07, 6.45) is 4.46. The van der Waals surface area contributed by atoms with Crippen LogP contribution in [0.1, 0.15) is 71.7 Å². The Kier molecular flexibility index (Phi) is 10.2. The summed E-state index contributed by atoms with van der Waals surface area (Å²) in [4.78, 5) is 75.1. The van der Waals surface area contributed by atoms with Crippen LogP contribution in [0, 0.1) is 5.82 Å². The topological polar surface area (TPSA) is 183 Å². The molecule has 2 aromatic heterocycles. The number of carbonyl (C=O) groups excluding carboxylic acids is 5. The Labute approximate surface area is 324 Å². The van der Waals surface area contributed by atoms with Crippen molar-refractivity contribution in [3.05, 3.63) is 90.0 Å². The molecule has 2 fully saturated rings. The minimum atomic E-state index is -1.17. The van der Waals surface area contributed by atoms with E-state index in [1.54, 1.807) is 0 Å². The van der Waals surface area contributed by atoms with Crippen LogP contribution in [-0.2, 0) is 14.4 Å². The number of halogens is 1. The lowest BCUT2D eigenvalue weighted by molar-refractivity contribution is -0.136. The van der Waals surface area contributed by atoms with Gasteiger partial charge in [0, 0.05) is 36.4 Å². The van der Waals surface area contributed by atoms with Crippen molar-refractivity contribution in [1.82, 2.24) is 34.9 Å². The first-order valence-corrected chi connectivity index (χ1v) is 19.4. The summed E-state index contributed by atoms with van der Waals surface area (Å²) >= 11 is 1.20. The first-order valence-electron chi connectivity index (χ1n) is 18.4. The molecule has 2 atom stereocenters. The van der Waals surface area contributed by atoms with Crippen molar-refractivity contribution in [1.29, 1.82) is 0 Å². The molecule has 3 aliphatic heterocycles. The standard InChI is InChI=1S/C40H37FN8O6S/c41-34-29(17-15-27-32(34)40(54)48(39(27)53)28-16-18-30(50)45-38(28)52)56-20-5-4-10-31(51)47-19-6-7-24(21-47)49-37-33(36(42)43-22-44-37)35(46-49)23-11-13-26(14-12-23)55-25-8-2-1-3-9-25/h1-3,8-9,11-15,17,22,24,28H,4-7,10,16,18-21H2,(H2,42,43,44)(H,45,50,52)/t24-,28?/m1/s1. The Hall–Kier alpha value is -6.16. The number of rotatable bonds is 11. The maximum atomic E-state index is 15.6. The smallest absolute Gasteiger partial charge is 0.265 e. The van der Waals surface area contributed by atoms with E-state index in [1.807, 2.05) is 64.2 Å². The first-order chi connectivity index (χ1) is 27.2. The molecule has 0 spiro atoms. The predicted molar refractivity (Wildman–Crippen MR) is 204 cm³/mol. The van der Waals surface area contributed by atoms with Crippen LogP contribution in [-0.4, -0.2) is 84.0 Å². The second-order valence-electron chi connectivity index (χ2n) is 13.9. The molecule has 1 unspecified atom stereocenters. The number of unbranched alkanes of at least 4 members (excludes halogenated alkanes) is 1. The van der Waals surface area contributed by atoms with Crippen molar-refractivity contribution in [2.45, 2.75) is 61.9 Å². The quantitative estimate of drug-likeness (QED) is 0.0977. The minimum Gasteiger partial charge on any atom is -0.457 e. The predicted octanol–water partition coefficient (Wildman–Crippen LogP) is 5.53. The fourth-order valence-electron chi connectivity index (χ4n) is 7.47. The number of likely N-dealkylation sites (tertiary alicyclic amines) is 1. The number of fused-ring (bicyclic) bond motifs is 2. The molecular weight excluding hydrogens is 740 g/mol. The SMILES string of the molecule is Nc1ncnc2c1c(-c1ccc(Oc3ccccc3)cc1)nn2[C@@H]1CCCN(C(=O)CCCCSc2ccc3c(c2F)C(=O)N(C2CCC(=O)NC2=O)C3=O)C1. The molecule has 5 aromatic rings. The number of thioether (sulfide) groups is 1. The molecule has 3 aliphatic rings. The highest BCUT2D eigenvalue weighted by Crippen LogP contribution is 2.36. The fraction of sp³-hybridized carbons (Fsp3) is 0.300. The fourth-order valence-corrected chi connectivity index (χ4v) is 8.43. The number of imide groups is 2. The molecule has 3 N–H and O–H groups in total. The number of ether oxygens (including phenoxy) is 1. The van der Waals surface area contributed by atoms with E-state index in [0.717, 1.165) is 29.1 Å². The number of amides is 5. The normalized spacial score (nSPS) is 18.4. The third-order valence-electron chi connectivity index (χ3n) is 10.3. The van der Waals surface area contributed by atoms with Gasteiger partial charge in [0.2, 0.25) is 17.7 Å². The van der Waals surface area contributed by atoms with Crippen molar-refractivity contribution < 1.29 is 33.1 Å². The van der Waals surface area contributed by atoms with E-state index in [9.17, 15) is 24.0 Å². The van der Waals surface area contributed by atoms with E-state index in [1.165, 1.54) is 30.2 Å². The third kappa shape index (κ3) is 7.07. The number of benzene rings is 3. The monoisotopic (exact) mass is 776 g/mol. The largest absolute Gasteiger partial charge is 0.457 e. The van der Waals surface area contributed by atoms with Gasteiger partial charge in [0.25, 0.3) is 11.8 Å². The van der Waals surface area contributed by atoms with Crippen LogP contribution < -0.4 is 15.8 Å². The highest BCUT2D eigenvalue weighted by molar-refractivity contribution is 7.99. The highest BCUT2D eigenvalue weighted by atomic mass is 32.2. The molecule has 8 rings (SSSR count). The summed E-state index contributed by atoms with van der Waals surface area (Å²) in [7, 11) is 0. The van der Waals surface area contributed by atoms with Gasteiger partial charge in [-0.1, -0.05) is 18.2 Å². The van der Waals surface area contributed by atoms with Crippen LogP contribution in [0.2, 0.25) is 0 Å². The molecular formula is C40H37FN8O6S. The minimum absolute atomic E-state index is 0.0110. The van der Waals surface area contributed by atoms with Gasteiger partial charge in [-0.3, -0.25) is 34.2 Å². The zero-order chi connectivity index (χ0) is 38.9. The lowest BCUT2D eigenvalue weighted by Gasteiger charge is -2.33. The Bertz CT molecular complexity index is 2370. The number of anilines is 1. The van der Waals surface area contributed by atoms with Crippen LogP contribution in [0.4, 0.5) is 10.2 Å². The van der Waals surface area contributed by atoms with E-state index < -0.39 is 35.5 Å². The number of nitrogen functional groups attached to an aromatic ring is 1. The van der Waals surface area contributed by atoms with Gasteiger partial charge >= 0.3 is 0 Å². The number of nitrogens with one attached hydrogen (secondary N) is 1. The van der Waals surface area contributed by atoms with Crippen LogP contribution in [0.15, 0.2) is 78.0 Å². The average molecular weight is 777 g/mol. The van der Waals surface area contributed by atoms with Crippen molar-refractivity contribution >= 4 is 58.1 Å². The van der Waals surface area contributed by atoms with Gasteiger partial charge in [-0.2, -0.15) is 5.10 Å². The van der Waals surface area contributed by atoms with Crippen molar-refractivity contribution in [3.63, 3.8) is 0 Å². The number of aromatic nitrogens is 4.